The number of hydrogen-bond donors (Lipinski definition) is 3. The van der Waals surface area contributed by atoms with E-state index in [4.69, 9.17) is 9.84 Å². The molecule has 2 aromatic carbocycles. The number of fused-ring (bicyclic) bond motifs is 1. The Bertz CT molecular complexity index is 777. The van der Waals surface area contributed by atoms with E-state index in [-0.39, 0.29) is 0 Å². The van der Waals surface area contributed by atoms with E-state index in [0.29, 0.717) is 35.6 Å². The van der Waals surface area contributed by atoms with E-state index >= 15 is 0 Å². The summed E-state index contributed by atoms with van der Waals surface area (Å²) in [6, 6.07) is 9.98. The van der Waals surface area contributed by atoms with Gasteiger partial charge >= 0.3 is 6.09 Å². The molecule has 0 bridgehead atoms. The van der Waals surface area contributed by atoms with Crippen molar-refractivity contribution in [2.75, 3.05) is 11.9 Å². The van der Waals surface area contributed by atoms with Crippen molar-refractivity contribution in [2.45, 2.75) is 12.5 Å². The number of carbonyl (C=O) groups is 2. The summed E-state index contributed by atoms with van der Waals surface area (Å²) in [5, 5.41) is 14.0. The van der Waals surface area contributed by atoms with Crippen LogP contribution in [-0.4, -0.2) is 23.7 Å². The lowest BCUT2D eigenvalue weighted by Crippen LogP contribution is -2.31. The monoisotopic (exact) mass is 330 g/mol. The van der Waals surface area contributed by atoms with Crippen LogP contribution in [0.15, 0.2) is 42.5 Å². The van der Waals surface area contributed by atoms with E-state index in [1.54, 1.807) is 18.2 Å². The summed E-state index contributed by atoms with van der Waals surface area (Å²) < 4.78 is 18.5. The van der Waals surface area contributed by atoms with E-state index in [1.807, 2.05) is 0 Å². The zero-order valence-corrected chi connectivity index (χ0v) is 12.6. The smallest absolute Gasteiger partial charge is 0.405 e. The van der Waals surface area contributed by atoms with Crippen molar-refractivity contribution in [3.05, 3.63) is 59.4 Å². The van der Waals surface area contributed by atoms with E-state index < -0.39 is 23.9 Å². The average Bonchev–Trinajstić information content (AvgIpc) is 2.56. The predicted octanol–water partition coefficient (Wildman–Crippen LogP) is 3.17. The number of benzene rings is 2. The molecule has 1 heterocycles. The Hall–Kier alpha value is -3.09. The first kappa shape index (κ1) is 15.8. The summed E-state index contributed by atoms with van der Waals surface area (Å²) in [5.74, 6) is -0.437. The zero-order chi connectivity index (χ0) is 17.1. The predicted molar refractivity (Wildman–Crippen MR) is 84.8 cm³/mol. The number of hydrogen-bond acceptors (Lipinski definition) is 3. The van der Waals surface area contributed by atoms with Crippen LogP contribution in [0.3, 0.4) is 0 Å². The van der Waals surface area contributed by atoms with Crippen molar-refractivity contribution >= 4 is 17.7 Å². The first-order valence-corrected chi connectivity index (χ1v) is 7.36. The van der Waals surface area contributed by atoms with Crippen LogP contribution < -0.4 is 15.4 Å². The second kappa shape index (κ2) is 6.57. The molecule has 2 amide bonds. The van der Waals surface area contributed by atoms with Gasteiger partial charge in [-0.25, -0.2) is 9.18 Å². The topological polar surface area (TPSA) is 87.7 Å². The molecule has 1 aliphatic rings. The molecule has 0 aromatic heterocycles. The second-order valence-corrected chi connectivity index (χ2v) is 5.32. The van der Waals surface area contributed by atoms with Crippen LogP contribution in [0.5, 0.6) is 5.75 Å². The third-order valence-corrected chi connectivity index (χ3v) is 3.72. The summed E-state index contributed by atoms with van der Waals surface area (Å²) in [7, 11) is 0. The SMILES string of the molecule is O=C(O)NC1CCOc2c(C(=O)Nc3ccc(F)cc3)cccc21. The Morgan fingerprint density at radius 1 is 1.17 bits per heavy atom. The third-order valence-electron chi connectivity index (χ3n) is 3.72. The zero-order valence-electron chi connectivity index (χ0n) is 12.6. The van der Waals surface area contributed by atoms with E-state index in [0.717, 1.165) is 0 Å². The average molecular weight is 330 g/mol. The highest BCUT2D eigenvalue weighted by molar-refractivity contribution is 6.06. The maximum absolute atomic E-state index is 12.9. The van der Waals surface area contributed by atoms with E-state index in [1.165, 1.54) is 24.3 Å². The molecule has 1 atom stereocenters. The van der Waals surface area contributed by atoms with E-state index in [9.17, 15) is 14.0 Å². The van der Waals surface area contributed by atoms with Gasteiger partial charge in [-0.3, -0.25) is 4.79 Å². The van der Waals surface area contributed by atoms with Gasteiger partial charge in [-0.2, -0.15) is 0 Å². The fourth-order valence-electron chi connectivity index (χ4n) is 2.63. The molecule has 1 aliphatic heterocycles. The lowest BCUT2D eigenvalue weighted by atomic mass is 9.97. The van der Waals surface area contributed by atoms with Crippen molar-refractivity contribution in [3.63, 3.8) is 0 Å². The molecule has 124 valence electrons. The summed E-state index contributed by atoms with van der Waals surface area (Å²) in [4.78, 5) is 23.4. The molecule has 3 N–H and O–H groups in total. The van der Waals surface area contributed by atoms with Crippen molar-refractivity contribution < 1.29 is 23.8 Å². The number of anilines is 1. The molecule has 0 aliphatic carbocycles. The standard InChI is InChI=1S/C17H15FN2O4/c18-10-4-6-11(7-5-10)19-16(21)13-3-1-2-12-14(20-17(22)23)8-9-24-15(12)13/h1-7,14,20H,8-9H2,(H,19,21)(H,22,23). The largest absolute Gasteiger partial charge is 0.492 e. The summed E-state index contributed by atoms with van der Waals surface area (Å²) >= 11 is 0. The van der Waals surface area contributed by atoms with Crippen LogP contribution in [0.1, 0.15) is 28.4 Å². The number of para-hydroxylation sites is 1. The summed E-state index contributed by atoms with van der Waals surface area (Å²) in [5.41, 5.74) is 1.37. The van der Waals surface area contributed by atoms with E-state index in [2.05, 4.69) is 10.6 Å². The van der Waals surface area contributed by atoms with Crippen molar-refractivity contribution in [1.29, 1.82) is 0 Å². The molecule has 2 aromatic rings. The highest BCUT2D eigenvalue weighted by atomic mass is 19.1. The maximum Gasteiger partial charge on any atom is 0.405 e. The van der Waals surface area contributed by atoms with Crippen LogP contribution in [0, 0.1) is 5.82 Å². The Morgan fingerprint density at radius 2 is 1.92 bits per heavy atom. The van der Waals surface area contributed by atoms with Crippen LogP contribution in [0.2, 0.25) is 0 Å². The highest BCUT2D eigenvalue weighted by Crippen LogP contribution is 2.35. The fourth-order valence-corrected chi connectivity index (χ4v) is 2.63. The Labute approximate surface area is 137 Å². The minimum absolute atomic E-state index is 0.300. The minimum Gasteiger partial charge on any atom is -0.492 e. The molecule has 0 saturated carbocycles. The van der Waals surface area contributed by atoms with Crippen LogP contribution in [0.4, 0.5) is 14.9 Å². The van der Waals surface area contributed by atoms with Crippen LogP contribution in [-0.2, 0) is 0 Å². The van der Waals surface area contributed by atoms with Gasteiger partial charge < -0.3 is 20.5 Å². The summed E-state index contributed by atoms with van der Waals surface area (Å²) in [6.45, 7) is 0.304. The first-order chi connectivity index (χ1) is 11.5. The molecule has 7 heteroatoms. The Kier molecular flexibility index (Phi) is 4.33. The van der Waals surface area contributed by atoms with Crippen molar-refractivity contribution in [2.24, 2.45) is 0 Å². The molecule has 0 saturated heterocycles. The van der Waals surface area contributed by atoms with Gasteiger partial charge in [0.1, 0.15) is 11.6 Å². The van der Waals surface area contributed by atoms with Gasteiger partial charge in [0.15, 0.2) is 0 Å². The number of carbonyl (C=O) groups excluding carboxylic acids is 1. The van der Waals surface area contributed by atoms with Gasteiger partial charge in [0.25, 0.3) is 5.91 Å². The number of ether oxygens (including phenoxy) is 1. The fraction of sp³-hybridized carbons (Fsp3) is 0.176. The van der Waals surface area contributed by atoms with Gasteiger partial charge in [0.2, 0.25) is 0 Å². The Morgan fingerprint density at radius 3 is 2.62 bits per heavy atom. The minimum atomic E-state index is -1.13. The van der Waals surface area contributed by atoms with Gasteiger partial charge in [0, 0.05) is 17.7 Å². The molecule has 6 nitrogen and oxygen atoms in total. The normalized spacial score (nSPS) is 15.8. The van der Waals surface area contributed by atoms with Gasteiger partial charge in [-0.1, -0.05) is 12.1 Å². The van der Waals surface area contributed by atoms with Crippen molar-refractivity contribution in [1.82, 2.24) is 5.32 Å². The Balaban J connectivity index is 1.87. The van der Waals surface area contributed by atoms with Crippen molar-refractivity contribution in [3.8, 4) is 5.75 Å². The molecule has 0 fully saturated rings. The third kappa shape index (κ3) is 3.29. The number of nitrogens with one attached hydrogen (secondary N) is 2. The second-order valence-electron chi connectivity index (χ2n) is 5.32. The number of carboxylic acid groups (broad SMARTS) is 1. The maximum atomic E-state index is 12.9. The molecule has 24 heavy (non-hydrogen) atoms. The first-order valence-electron chi connectivity index (χ1n) is 7.36. The highest BCUT2D eigenvalue weighted by Gasteiger charge is 2.27. The molecule has 0 radical (unpaired) electrons. The van der Waals surface area contributed by atoms with Crippen LogP contribution >= 0.6 is 0 Å². The molecule has 3 rings (SSSR count). The lowest BCUT2D eigenvalue weighted by molar-refractivity contribution is 0.102. The van der Waals surface area contributed by atoms with Crippen LogP contribution in [0.25, 0.3) is 0 Å². The molecular formula is C17H15FN2O4. The van der Waals surface area contributed by atoms with Gasteiger partial charge in [-0.05, 0) is 30.3 Å². The number of halogens is 1. The number of amides is 2. The van der Waals surface area contributed by atoms with Gasteiger partial charge in [0.05, 0.1) is 18.2 Å². The van der Waals surface area contributed by atoms with Gasteiger partial charge in [-0.15, -0.1) is 0 Å². The molecule has 0 spiro atoms. The lowest BCUT2D eigenvalue weighted by Gasteiger charge is -2.27. The molecular weight excluding hydrogens is 315 g/mol. The quantitative estimate of drug-likeness (QED) is 0.806. The summed E-state index contributed by atoms with van der Waals surface area (Å²) in [6.07, 6.45) is -0.642. The number of rotatable bonds is 3. The molecule has 1 unspecified atom stereocenters.